The largest absolute Gasteiger partial charge is 0.416 e. The molecule has 1 aromatic carbocycles. The zero-order valence-electron chi connectivity index (χ0n) is 12.5. The van der Waals surface area contributed by atoms with Gasteiger partial charge in [0, 0.05) is 17.1 Å². The summed E-state index contributed by atoms with van der Waals surface area (Å²) in [6, 6.07) is 5.17. The van der Waals surface area contributed by atoms with Crippen LogP contribution in [0.2, 0.25) is 0 Å². The number of nitrogens with zero attached hydrogens (tertiary/aromatic N) is 3. The first kappa shape index (κ1) is 15.5. The van der Waals surface area contributed by atoms with Crippen LogP contribution in [0.1, 0.15) is 25.0 Å². The molecule has 0 fully saturated rings. The zero-order valence-corrected chi connectivity index (χ0v) is 12.5. The van der Waals surface area contributed by atoms with Gasteiger partial charge in [-0.3, -0.25) is 4.98 Å². The van der Waals surface area contributed by atoms with Gasteiger partial charge in [-0.1, -0.05) is 0 Å². The van der Waals surface area contributed by atoms with E-state index in [1.165, 1.54) is 23.1 Å². The number of alkyl halides is 3. The number of aliphatic hydroxyl groups is 1. The summed E-state index contributed by atoms with van der Waals surface area (Å²) in [5, 5.41) is 14.6. The molecule has 0 unspecified atom stereocenters. The van der Waals surface area contributed by atoms with Gasteiger partial charge in [0.2, 0.25) is 0 Å². The fourth-order valence-corrected chi connectivity index (χ4v) is 2.29. The van der Waals surface area contributed by atoms with Crippen molar-refractivity contribution in [3.05, 3.63) is 54.0 Å². The molecular formula is C16H14F3N3O. The average molecular weight is 321 g/mol. The molecule has 2 aromatic heterocycles. The Morgan fingerprint density at radius 3 is 2.39 bits per heavy atom. The Hall–Kier alpha value is -2.41. The molecule has 0 aliphatic carbocycles. The van der Waals surface area contributed by atoms with Crippen molar-refractivity contribution in [2.75, 3.05) is 0 Å². The van der Waals surface area contributed by atoms with Crippen molar-refractivity contribution in [3.8, 4) is 5.69 Å². The van der Waals surface area contributed by atoms with E-state index < -0.39 is 17.3 Å². The van der Waals surface area contributed by atoms with Crippen molar-refractivity contribution in [2.24, 2.45) is 0 Å². The van der Waals surface area contributed by atoms with Crippen LogP contribution >= 0.6 is 0 Å². The van der Waals surface area contributed by atoms with Gasteiger partial charge in [0.15, 0.2) is 0 Å². The molecule has 0 amide bonds. The number of halogens is 3. The van der Waals surface area contributed by atoms with Gasteiger partial charge in [-0.25, -0.2) is 4.68 Å². The van der Waals surface area contributed by atoms with Gasteiger partial charge in [0.25, 0.3) is 0 Å². The maximum Gasteiger partial charge on any atom is 0.416 e. The number of hydrogen-bond donors (Lipinski definition) is 1. The second kappa shape index (κ2) is 5.06. The molecule has 23 heavy (non-hydrogen) atoms. The lowest BCUT2D eigenvalue weighted by Gasteiger charge is -2.18. The Labute approximate surface area is 130 Å². The smallest absolute Gasteiger partial charge is 0.386 e. The predicted octanol–water partition coefficient (Wildman–Crippen LogP) is 3.67. The molecule has 3 aromatic rings. The molecule has 0 spiro atoms. The van der Waals surface area contributed by atoms with Gasteiger partial charge >= 0.3 is 6.18 Å². The number of fused-ring (bicyclic) bond motifs is 1. The summed E-state index contributed by atoms with van der Waals surface area (Å²) in [5.41, 5.74) is -0.0966. The van der Waals surface area contributed by atoms with Crippen LogP contribution in [-0.4, -0.2) is 19.9 Å². The van der Waals surface area contributed by atoms with E-state index in [0.717, 1.165) is 12.1 Å². The van der Waals surface area contributed by atoms with Gasteiger partial charge < -0.3 is 5.11 Å². The summed E-state index contributed by atoms with van der Waals surface area (Å²) in [5.74, 6) is 0. The highest BCUT2D eigenvalue weighted by Crippen LogP contribution is 2.32. The molecule has 0 bridgehead atoms. The van der Waals surface area contributed by atoms with Crippen molar-refractivity contribution < 1.29 is 18.3 Å². The maximum atomic E-state index is 12.8. The van der Waals surface area contributed by atoms with Crippen LogP contribution in [0.3, 0.4) is 0 Å². The van der Waals surface area contributed by atoms with Crippen LogP contribution < -0.4 is 0 Å². The molecule has 120 valence electrons. The Morgan fingerprint density at radius 2 is 1.74 bits per heavy atom. The molecule has 0 atom stereocenters. The lowest BCUT2D eigenvalue weighted by atomic mass is 10.0. The molecule has 1 N–H and O–H groups in total. The second-order valence-electron chi connectivity index (χ2n) is 5.82. The lowest BCUT2D eigenvalue weighted by Crippen LogP contribution is -2.16. The Kier molecular flexibility index (Phi) is 3.40. The van der Waals surface area contributed by atoms with E-state index in [9.17, 15) is 18.3 Å². The highest BCUT2D eigenvalue weighted by atomic mass is 19.4. The van der Waals surface area contributed by atoms with E-state index in [-0.39, 0.29) is 0 Å². The Bertz CT molecular complexity index is 863. The standard InChI is InChI=1S/C16H14F3N3O/c1-15(2,23)12-6-13(9-20-8-12)22-14-4-3-11(16(17,18)19)5-10(14)7-21-22/h3-9,23H,1-2H3. The Balaban J connectivity index is 2.11. The quantitative estimate of drug-likeness (QED) is 0.783. The van der Waals surface area contributed by atoms with E-state index in [1.54, 1.807) is 26.1 Å². The SMILES string of the molecule is CC(C)(O)c1cncc(-n2ncc3cc(C(F)(F)F)ccc32)c1. The summed E-state index contributed by atoms with van der Waals surface area (Å²) in [6.07, 6.45) is 0.0658. The number of hydrogen-bond acceptors (Lipinski definition) is 3. The molecule has 2 heterocycles. The van der Waals surface area contributed by atoms with Crippen molar-refractivity contribution in [2.45, 2.75) is 25.6 Å². The molecule has 0 aliphatic heterocycles. The van der Waals surface area contributed by atoms with Crippen LogP contribution in [0, 0.1) is 0 Å². The molecule has 0 aliphatic rings. The molecule has 3 rings (SSSR count). The number of aromatic nitrogens is 3. The van der Waals surface area contributed by atoms with Crippen LogP contribution in [0.5, 0.6) is 0 Å². The normalized spacial score (nSPS) is 12.8. The van der Waals surface area contributed by atoms with Crippen molar-refractivity contribution >= 4 is 10.9 Å². The fraction of sp³-hybridized carbons (Fsp3) is 0.250. The first-order valence-corrected chi connectivity index (χ1v) is 6.89. The number of benzene rings is 1. The van der Waals surface area contributed by atoms with Crippen molar-refractivity contribution in [1.82, 2.24) is 14.8 Å². The first-order valence-electron chi connectivity index (χ1n) is 6.89. The van der Waals surface area contributed by atoms with E-state index in [2.05, 4.69) is 10.1 Å². The third kappa shape index (κ3) is 2.92. The molecule has 7 heteroatoms. The van der Waals surface area contributed by atoms with Crippen LogP contribution in [0.15, 0.2) is 42.9 Å². The maximum absolute atomic E-state index is 12.8. The van der Waals surface area contributed by atoms with Crippen molar-refractivity contribution in [3.63, 3.8) is 0 Å². The lowest BCUT2D eigenvalue weighted by molar-refractivity contribution is -0.137. The minimum absolute atomic E-state index is 0.383. The van der Waals surface area contributed by atoms with Gasteiger partial charge in [0.05, 0.1) is 34.8 Å². The predicted molar refractivity (Wildman–Crippen MR) is 79.1 cm³/mol. The van der Waals surface area contributed by atoms with E-state index in [1.807, 2.05) is 0 Å². The van der Waals surface area contributed by atoms with Crippen LogP contribution in [0.4, 0.5) is 13.2 Å². The van der Waals surface area contributed by atoms with Crippen LogP contribution in [0.25, 0.3) is 16.6 Å². The molecular weight excluding hydrogens is 307 g/mol. The number of rotatable bonds is 2. The monoisotopic (exact) mass is 321 g/mol. The molecule has 4 nitrogen and oxygen atoms in total. The second-order valence-corrected chi connectivity index (χ2v) is 5.82. The number of pyridine rings is 1. The van der Waals surface area contributed by atoms with Gasteiger partial charge in [-0.05, 0) is 38.1 Å². The van der Waals surface area contributed by atoms with Gasteiger partial charge in [-0.2, -0.15) is 18.3 Å². The van der Waals surface area contributed by atoms with Gasteiger partial charge in [-0.15, -0.1) is 0 Å². The summed E-state index contributed by atoms with van der Waals surface area (Å²) < 4.78 is 39.8. The summed E-state index contributed by atoms with van der Waals surface area (Å²) in [6.45, 7) is 3.26. The third-order valence-corrected chi connectivity index (χ3v) is 3.57. The third-order valence-electron chi connectivity index (χ3n) is 3.57. The van der Waals surface area contributed by atoms with E-state index in [0.29, 0.717) is 22.2 Å². The average Bonchev–Trinajstić information content (AvgIpc) is 2.88. The van der Waals surface area contributed by atoms with Gasteiger partial charge in [0.1, 0.15) is 0 Å². The fourth-order valence-electron chi connectivity index (χ4n) is 2.29. The van der Waals surface area contributed by atoms with E-state index in [4.69, 9.17) is 0 Å². The van der Waals surface area contributed by atoms with Crippen molar-refractivity contribution in [1.29, 1.82) is 0 Å². The van der Waals surface area contributed by atoms with Crippen LogP contribution in [-0.2, 0) is 11.8 Å². The molecule has 0 saturated carbocycles. The van der Waals surface area contributed by atoms with E-state index >= 15 is 0 Å². The highest BCUT2D eigenvalue weighted by Gasteiger charge is 2.30. The summed E-state index contributed by atoms with van der Waals surface area (Å²) in [7, 11) is 0. The zero-order chi connectivity index (χ0) is 16.8. The minimum Gasteiger partial charge on any atom is -0.386 e. The summed E-state index contributed by atoms with van der Waals surface area (Å²) >= 11 is 0. The minimum atomic E-state index is -4.39. The topological polar surface area (TPSA) is 50.9 Å². The molecule has 0 radical (unpaired) electrons. The Morgan fingerprint density at radius 1 is 1.00 bits per heavy atom. The highest BCUT2D eigenvalue weighted by molar-refractivity contribution is 5.81. The first-order chi connectivity index (χ1) is 10.7. The summed E-state index contributed by atoms with van der Waals surface area (Å²) in [4.78, 5) is 4.07. The molecule has 0 saturated heterocycles.